The van der Waals surface area contributed by atoms with Gasteiger partial charge in [0, 0.05) is 22.3 Å². The van der Waals surface area contributed by atoms with Crippen LogP contribution in [-0.4, -0.2) is 26.6 Å². The fourth-order valence-corrected chi connectivity index (χ4v) is 2.87. The van der Waals surface area contributed by atoms with Crippen molar-refractivity contribution >= 4 is 30.5 Å². The molecule has 0 radical (unpaired) electrons. The van der Waals surface area contributed by atoms with Crippen molar-refractivity contribution in [2.45, 2.75) is 5.03 Å². The summed E-state index contributed by atoms with van der Waals surface area (Å²) >= 11 is 0. The van der Waals surface area contributed by atoms with Crippen molar-refractivity contribution in [3.8, 4) is 11.5 Å². The van der Waals surface area contributed by atoms with E-state index in [4.69, 9.17) is 20.2 Å². The van der Waals surface area contributed by atoms with E-state index in [0.717, 1.165) is 0 Å². The number of nitrogens with zero attached hydrogens (tertiary/aromatic N) is 1. The van der Waals surface area contributed by atoms with Gasteiger partial charge in [0.2, 0.25) is 0 Å². The molecule has 94 valence electrons. The van der Waals surface area contributed by atoms with E-state index in [0.29, 0.717) is 35.5 Å². The second-order valence-corrected chi connectivity index (χ2v) is 6.25. The van der Waals surface area contributed by atoms with Crippen LogP contribution in [0.1, 0.15) is 0 Å². The first-order chi connectivity index (χ1) is 8.55. The lowest BCUT2D eigenvalue weighted by Crippen LogP contribution is -2.15. The van der Waals surface area contributed by atoms with E-state index >= 15 is 0 Å². The number of benzene rings is 1. The van der Waals surface area contributed by atoms with Crippen molar-refractivity contribution in [3.63, 3.8) is 0 Å². The minimum Gasteiger partial charge on any atom is -0.486 e. The second-order valence-electron chi connectivity index (χ2n) is 3.77. The Balaban J connectivity index is 2.35. The molecule has 0 aliphatic carbocycles. The molecule has 5 nitrogen and oxygen atoms in total. The molecule has 0 fully saturated rings. The molecule has 0 N–H and O–H groups in total. The molecule has 0 amide bonds. The van der Waals surface area contributed by atoms with Crippen LogP contribution in [-0.2, 0) is 9.05 Å². The van der Waals surface area contributed by atoms with Gasteiger partial charge in [0.25, 0.3) is 9.05 Å². The highest BCUT2D eigenvalue weighted by molar-refractivity contribution is 8.13. The summed E-state index contributed by atoms with van der Waals surface area (Å²) in [6.07, 6.45) is 1.40. The van der Waals surface area contributed by atoms with Crippen molar-refractivity contribution in [2.75, 3.05) is 13.2 Å². The summed E-state index contributed by atoms with van der Waals surface area (Å²) in [5.74, 6) is 1.10. The van der Waals surface area contributed by atoms with Crippen LogP contribution in [0, 0.1) is 0 Å². The first kappa shape index (κ1) is 11.6. The van der Waals surface area contributed by atoms with E-state index in [1.807, 2.05) is 0 Å². The smallest absolute Gasteiger partial charge is 0.279 e. The maximum Gasteiger partial charge on any atom is 0.279 e. The molecule has 0 spiro atoms. The van der Waals surface area contributed by atoms with Crippen LogP contribution in [0.3, 0.4) is 0 Å². The number of ether oxygens (including phenoxy) is 2. The maximum absolute atomic E-state index is 11.4. The van der Waals surface area contributed by atoms with Crippen LogP contribution < -0.4 is 9.47 Å². The number of aromatic nitrogens is 1. The Kier molecular flexibility index (Phi) is 2.57. The van der Waals surface area contributed by atoms with E-state index in [-0.39, 0.29) is 5.03 Å². The lowest BCUT2D eigenvalue weighted by molar-refractivity contribution is 0.172. The van der Waals surface area contributed by atoms with E-state index < -0.39 is 9.05 Å². The molecule has 0 saturated heterocycles. The summed E-state index contributed by atoms with van der Waals surface area (Å²) in [6, 6.07) is 5.00. The van der Waals surface area contributed by atoms with Crippen LogP contribution in [0.2, 0.25) is 0 Å². The van der Waals surface area contributed by atoms with Gasteiger partial charge in [0.1, 0.15) is 13.2 Å². The molecule has 1 aliphatic heterocycles. The molecular weight excluding hydrogens is 278 g/mol. The predicted octanol–water partition coefficient (Wildman–Crippen LogP) is 1.93. The molecule has 18 heavy (non-hydrogen) atoms. The Bertz CT molecular complexity index is 729. The highest BCUT2D eigenvalue weighted by Crippen LogP contribution is 2.36. The molecule has 0 atom stereocenters. The Labute approximate surface area is 108 Å². The van der Waals surface area contributed by atoms with Gasteiger partial charge >= 0.3 is 0 Å². The van der Waals surface area contributed by atoms with Gasteiger partial charge in [0.05, 0.1) is 0 Å². The Morgan fingerprint density at radius 3 is 2.50 bits per heavy atom. The Morgan fingerprint density at radius 2 is 1.83 bits per heavy atom. The molecule has 0 saturated carbocycles. The summed E-state index contributed by atoms with van der Waals surface area (Å²) in [4.78, 5) is 3.81. The number of fused-ring (bicyclic) bond motifs is 2. The van der Waals surface area contributed by atoms with Crippen molar-refractivity contribution in [2.24, 2.45) is 0 Å². The Morgan fingerprint density at radius 1 is 1.17 bits per heavy atom. The van der Waals surface area contributed by atoms with Crippen LogP contribution in [0.4, 0.5) is 0 Å². The predicted molar refractivity (Wildman–Crippen MR) is 65.8 cm³/mol. The SMILES string of the molecule is O=S(=O)(Cl)c1nccc2cc3c(cc12)OCCO3. The number of rotatable bonds is 1. The highest BCUT2D eigenvalue weighted by Gasteiger charge is 2.19. The van der Waals surface area contributed by atoms with E-state index in [9.17, 15) is 8.42 Å². The van der Waals surface area contributed by atoms with Gasteiger partial charge in [-0.15, -0.1) is 0 Å². The number of hydrogen-bond acceptors (Lipinski definition) is 5. The zero-order chi connectivity index (χ0) is 12.8. The van der Waals surface area contributed by atoms with Gasteiger partial charge in [-0.25, -0.2) is 13.4 Å². The van der Waals surface area contributed by atoms with Crippen LogP contribution in [0.15, 0.2) is 29.4 Å². The zero-order valence-corrected chi connectivity index (χ0v) is 10.7. The molecule has 1 aliphatic rings. The molecule has 2 aromatic rings. The minimum absolute atomic E-state index is 0.168. The molecule has 3 rings (SSSR count). The molecule has 7 heteroatoms. The average Bonchev–Trinajstić information content (AvgIpc) is 2.34. The monoisotopic (exact) mass is 285 g/mol. The normalized spacial score (nSPS) is 14.7. The zero-order valence-electron chi connectivity index (χ0n) is 9.09. The van der Waals surface area contributed by atoms with Gasteiger partial charge < -0.3 is 9.47 Å². The average molecular weight is 286 g/mol. The Hall–Kier alpha value is -1.53. The van der Waals surface area contributed by atoms with Crippen LogP contribution >= 0.6 is 10.7 Å². The fourth-order valence-electron chi connectivity index (χ4n) is 1.88. The standard InChI is InChI=1S/C11H8ClNO4S/c12-18(14,15)11-8-6-10-9(16-3-4-17-10)5-7(8)1-2-13-11/h1-2,5-6H,3-4H2. The molecular formula is C11H8ClNO4S. The van der Waals surface area contributed by atoms with Crippen molar-refractivity contribution in [1.29, 1.82) is 0 Å². The van der Waals surface area contributed by atoms with Gasteiger partial charge in [0.15, 0.2) is 16.5 Å². The largest absolute Gasteiger partial charge is 0.486 e. The molecule has 1 aromatic carbocycles. The third-order valence-corrected chi connectivity index (χ3v) is 3.85. The first-order valence-electron chi connectivity index (χ1n) is 5.19. The third-order valence-electron chi connectivity index (χ3n) is 2.62. The van der Waals surface area contributed by atoms with Crippen molar-refractivity contribution < 1.29 is 17.9 Å². The van der Waals surface area contributed by atoms with Crippen molar-refractivity contribution in [3.05, 3.63) is 24.4 Å². The third kappa shape index (κ3) is 1.87. The summed E-state index contributed by atoms with van der Waals surface area (Å²) < 4.78 is 33.7. The highest BCUT2D eigenvalue weighted by atomic mass is 35.7. The van der Waals surface area contributed by atoms with Crippen LogP contribution in [0.5, 0.6) is 11.5 Å². The number of pyridine rings is 1. The summed E-state index contributed by atoms with van der Waals surface area (Å²) in [7, 11) is 1.47. The quantitative estimate of drug-likeness (QED) is 0.749. The van der Waals surface area contributed by atoms with Gasteiger partial charge in [-0.3, -0.25) is 0 Å². The molecule has 0 bridgehead atoms. The van der Waals surface area contributed by atoms with E-state index in [1.54, 1.807) is 18.2 Å². The topological polar surface area (TPSA) is 65.5 Å². The van der Waals surface area contributed by atoms with Crippen molar-refractivity contribution in [1.82, 2.24) is 4.98 Å². The van der Waals surface area contributed by atoms with Gasteiger partial charge in [-0.05, 0) is 23.6 Å². The van der Waals surface area contributed by atoms with Gasteiger partial charge in [-0.2, -0.15) is 0 Å². The lowest BCUT2D eigenvalue weighted by atomic mass is 10.1. The van der Waals surface area contributed by atoms with E-state index in [1.165, 1.54) is 6.20 Å². The lowest BCUT2D eigenvalue weighted by Gasteiger charge is -2.19. The van der Waals surface area contributed by atoms with E-state index in [2.05, 4.69) is 4.98 Å². The first-order valence-corrected chi connectivity index (χ1v) is 7.50. The summed E-state index contributed by atoms with van der Waals surface area (Å²) in [5, 5.41) is 0.948. The minimum atomic E-state index is -3.89. The molecule has 1 aromatic heterocycles. The summed E-state index contributed by atoms with van der Waals surface area (Å²) in [5.41, 5.74) is 0. The number of halogens is 1. The molecule has 0 unspecified atom stereocenters. The fraction of sp³-hybridized carbons (Fsp3) is 0.182. The van der Waals surface area contributed by atoms with Crippen LogP contribution in [0.25, 0.3) is 10.8 Å². The number of hydrogen-bond donors (Lipinski definition) is 0. The maximum atomic E-state index is 11.4. The second kappa shape index (κ2) is 4.00. The van der Waals surface area contributed by atoms with Gasteiger partial charge in [-0.1, -0.05) is 0 Å². The molecule has 2 heterocycles. The summed E-state index contributed by atoms with van der Waals surface area (Å²) in [6.45, 7) is 0.909.